The van der Waals surface area contributed by atoms with E-state index in [1.165, 1.54) is 5.56 Å². The summed E-state index contributed by atoms with van der Waals surface area (Å²) >= 11 is 3.38. The molecule has 1 heterocycles. The van der Waals surface area contributed by atoms with E-state index in [0.717, 1.165) is 10.0 Å². The molecule has 0 saturated carbocycles. The van der Waals surface area contributed by atoms with Gasteiger partial charge in [0.25, 0.3) is 5.91 Å². The highest BCUT2D eigenvalue weighted by Crippen LogP contribution is 2.24. The fourth-order valence-electron chi connectivity index (χ4n) is 2.88. The highest BCUT2D eigenvalue weighted by atomic mass is 79.9. The van der Waals surface area contributed by atoms with E-state index < -0.39 is 11.5 Å². The lowest BCUT2D eigenvalue weighted by Gasteiger charge is -2.20. The van der Waals surface area contributed by atoms with Crippen molar-refractivity contribution in [2.24, 2.45) is 0 Å². The number of fused-ring (bicyclic) bond motifs is 1. The van der Waals surface area contributed by atoms with Gasteiger partial charge in [-0.2, -0.15) is 0 Å². The van der Waals surface area contributed by atoms with E-state index in [1.54, 1.807) is 18.2 Å². The lowest BCUT2D eigenvalue weighted by Crippen LogP contribution is -2.30. The van der Waals surface area contributed by atoms with Crippen molar-refractivity contribution in [2.45, 2.75) is 39.2 Å². The van der Waals surface area contributed by atoms with E-state index in [2.05, 4.69) is 54.2 Å². The number of hydrogen-bond acceptors (Lipinski definition) is 3. The Morgan fingerprint density at radius 1 is 1.07 bits per heavy atom. The summed E-state index contributed by atoms with van der Waals surface area (Å²) in [5, 5.41) is 3.57. The van der Waals surface area contributed by atoms with Gasteiger partial charge in [0.1, 0.15) is 11.1 Å². The Morgan fingerprint density at radius 3 is 2.37 bits per heavy atom. The zero-order valence-corrected chi connectivity index (χ0v) is 17.4. The van der Waals surface area contributed by atoms with Gasteiger partial charge in [0.05, 0.1) is 6.04 Å². The number of benzene rings is 2. The van der Waals surface area contributed by atoms with E-state index >= 15 is 0 Å². The van der Waals surface area contributed by atoms with E-state index in [0.29, 0.717) is 11.0 Å². The predicted molar refractivity (Wildman–Crippen MR) is 111 cm³/mol. The van der Waals surface area contributed by atoms with Crippen LogP contribution in [0, 0.1) is 0 Å². The number of carbonyl (C=O) groups is 1. The molecule has 5 heteroatoms. The van der Waals surface area contributed by atoms with Crippen LogP contribution in [0.5, 0.6) is 0 Å². The van der Waals surface area contributed by atoms with Crippen LogP contribution in [0.15, 0.2) is 62.2 Å². The molecule has 0 bridgehead atoms. The molecule has 3 rings (SSSR count). The molecule has 140 valence electrons. The Bertz CT molecular complexity index is 1050. The van der Waals surface area contributed by atoms with Crippen LogP contribution >= 0.6 is 15.9 Å². The molecule has 1 atom stereocenters. The van der Waals surface area contributed by atoms with Crippen molar-refractivity contribution in [1.82, 2.24) is 5.32 Å². The van der Waals surface area contributed by atoms with Crippen molar-refractivity contribution in [3.05, 3.63) is 80.1 Å². The first kappa shape index (κ1) is 19.4. The number of hydrogen-bond donors (Lipinski definition) is 1. The molecule has 2 aromatic carbocycles. The maximum Gasteiger partial charge on any atom is 0.349 e. The second-order valence-electron chi connectivity index (χ2n) is 7.70. The average Bonchev–Trinajstić information content (AvgIpc) is 2.60. The second kappa shape index (κ2) is 7.31. The van der Waals surface area contributed by atoms with Gasteiger partial charge < -0.3 is 9.73 Å². The molecule has 0 aliphatic rings. The topological polar surface area (TPSA) is 59.3 Å². The molecule has 1 N–H and O–H groups in total. The number of rotatable bonds is 3. The third-order valence-corrected chi connectivity index (χ3v) is 5.06. The molecule has 27 heavy (non-hydrogen) atoms. The smallest absolute Gasteiger partial charge is 0.349 e. The summed E-state index contributed by atoms with van der Waals surface area (Å²) in [5.74, 6) is -0.446. The molecule has 0 radical (unpaired) electrons. The van der Waals surface area contributed by atoms with Crippen LogP contribution in [-0.4, -0.2) is 5.91 Å². The molecule has 0 aliphatic heterocycles. The highest BCUT2D eigenvalue weighted by Gasteiger charge is 2.18. The molecule has 1 amide bonds. The van der Waals surface area contributed by atoms with Gasteiger partial charge in [0.15, 0.2) is 0 Å². The minimum Gasteiger partial charge on any atom is -0.422 e. The van der Waals surface area contributed by atoms with Crippen molar-refractivity contribution >= 4 is 32.8 Å². The third-order valence-electron chi connectivity index (χ3n) is 4.56. The van der Waals surface area contributed by atoms with Crippen molar-refractivity contribution in [3.63, 3.8) is 0 Å². The molecule has 0 unspecified atom stereocenters. The SMILES string of the molecule is C[C@H](NC(=O)c1cc2cc(Br)ccc2oc1=O)c1ccc(C(C)(C)C)cc1. The quantitative estimate of drug-likeness (QED) is 0.573. The monoisotopic (exact) mass is 427 g/mol. The van der Waals surface area contributed by atoms with Crippen LogP contribution < -0.4 is 10.9 Å². The summed E-state index contributed by atoms with van der Waals surface area (Å²) in [7, 11) is 0. The minimum atomic E-state index is -0.641. The molecule has 3 aromatic rings. The number of halogens is 1. The van der Waals surface area contributed by atoms with Crippen LogP contribution in [0.2, 0.25) is 0 Å². The lowest BCUT2D eigenvalue weighted by molar-refractivity contribution is 0.0936. The van der Waals surface area contributed by atoms with Crippen molar-refractivity contribution in [2.75, 3.05) is 0 Å². The van der Waals surface area contributed by atoms with Crippen LogP contribution in [0.3, 0.4) is 0 Å². The number of carbonyl (C=O) groups excluding carboxylic acids is 1. The Labute approximate surface area is 166 Å². The predicted octanol–water partition coefficient (Wildman–Crippen LogP) is 5.34. The maximum absolute atomic E-state index is 12.6. The van der Waals surface area contributed by atoms with E-state index in [4.69, 9.17) is 4.42 Å². The van der Waals surface area contributed by atoms with Gasteiger partial charge in [0.2, 0.25) is 0 Å². The van der Waals surface area contributed by atoms with Gasteiger partial charge in [-0.1, -0.05) is 61.0 Å². The molecule has 4 nitrogen and oxygen atoms in total. The largest absolute Gasteiger partial charge is 0.422 e. The zero-order valence-electron chi connectivity index (χ0n) is 15.8. The first-order chi connectivity index (χ1) is 12.6. The molecule has 0 aliphatic carbocycles. The molecule has 1 aromatic heterocycles. The second-order valence-corrected chi connectivity index (χ2v) is 8.61. The molecule has 0 saturated heterocycles. The summed E-state index contributed by atoms with van der Waals surface area (Å²) < 4.78 is 6.12. The van der Waals surface area contributed by atoms with Gasteiger partial charge >= 0.3 is 5.63 Å². The Kier molecular flexibility index (Phi) is 5.24. The van der Waals surface area contributed by atoms with Gasteiger partial charge in [-0.05, 0) is 47.7 Å². The summed E-state index contributed by atoms with van der Waals surface area (Å²) in [6.07, 6.45) is 0. The zero-order chi connectivity index (χ0) is 19.8. The summed E-state index contributed by atoms with van der Waals surface area (Å²) in [5.41, 5.74) is 2.08. The molecule has 0 fully saturated rings. The highest BCUT2D eigenvalue weighted by molar-refractivity contribution is 9.10. The maximum atomic E-state index is 12.6. The van der Waals surface area contributed by atoms with Gasteiger partial charge in [0, 0.05) is 9.86 Å². The van der Waals surface area contributed by atoms with E-state index in [-0.39, 0.29) is 17.0 Å². The minimum absolute atomic E-state index is 0.00115. The standard InChI is InChI=1S/C22H22BrNO3/c1-13(14-5-7-16(8-6-14)22(2,3)4)24-20(25)18-12-15-11-17(23)9-10-19(15)27-21(18)26/h5-13H,1-4H3,(H,24,25)/t13-/m0/s1. The van der Waals surface area contributed by atoms with Gasteiger partial charge in [-0.25, -0.2) is 4.79 Å². The number of nitrogens with one attached hydrogen (secondary N) is 1. The fourth-order valence-corrected chi connectivity index (χ4v) is 3.26. The van der Waals surface area contributed by atoms with Crippen molar-refractivity contribution < 1.29 is 9.21 Å². The lowest BCUT2D eigenvalue weighted by atomic mass is 9.86. The first-order valence-electron chi connectivity index (χ1n) is 8.80. The van der Waals surface area contributed by atoms with Crippen molar-refractivity contribution in [1.29, 1.82) is 0 Å². The van der Waals surface area contributed by atoms with Crippen LogP contribution in [0.4, 0.5) is 0 Å². The summed E-state index contributed by atoms with van der Waals surface area (Å²) in [6, 6.07) is 14.8. The third kappa shape index (κ3) is 4.30. The fraction of sp³-hybridized carbons (Fsp3) is 0.273. The van der Waals surface area contributed by atoms with Gasteiger partial charge in [-0.3, -0.25) is 4.79 Å². The van der Waals surface area contributed by atoms with E-state index in [9.17, 15) is 9.59 Å². The Morgan fingerprint density at radius 2 is 1.74 bits per heavy atom. The summed E-state index contributed by atoms with van der Waals surface area (Å²) in [6.45, 7) is 8.36. The normalized spacial score (nSPS) is 12.8. The van der Waals surface area contributed by atoms with Crippen LogP contribution in [0.1, 0.15) is 55.2 Å². The molecular formula is C22H22BrNO3. The average molecular weight is 428 g/mol. The van der Waals surface area contributed by atoms with E-state index in [1.807, 2.05) is 25.1 Å². The Hall–Kier alpha value is -2.40. The van der Waals surface area contributed by atoms with Crippen LogP contribution in [0.25, 0.3) is 11.0 Å². The molecule has 0 spiro atoms. The summed E-state index contributed by atoms with van der Waals surface area (Å²) in [4.78, 5) is 24.8. The van der Waals surface area contributed by atoms with Crippen molar-refractivity contribution in [3.8, 4) is 0 Å². The van der Waals surface area contributed by atoms with Crippen LogP contribution in [-0.2, 0) is 5.41 Å². The Balaban J connectivity index is 1.83. The molecular weight excluding hydrogens is 406 g/mol. The number of amides is 1. The first-order valence-corrected chi connectivity index (χ1v) is 9.59. The van der Waals surface area contributed by atoms with Gasteiger partial charge in [-0.15, -0.1) is 0 Å².